The molecule has 0 atom stereocenters. The van der Waals surface area contributed by atoms with Crippen molar-refractivity contribution in [3.8, 4) is 0 Å². The maximum atomic E-state index is 12.0. The minimum atomic E-state index is -0.123. The van der Waals surface area contributed by atoms with Crippen molar-refractivity contribution in [2.75, 3.05) is 11.1 Å². The molecule has 112 valence electrons. The molecule has 1 aromatic carbocycles. The van der Waals surface area contributed by atoms with Crippen molar-refractivity contribution >= 4 is 56.8 Å². The van der Waals surface area contributed by atoms with Crippen LogP contribution in [0.15, 0.2) is 47.6 Å². The standard InChI is InChI=1S/C15H12ClN3OS2/c16-14-12(6-3-7-17-14)18-13(20)9-22-15-19-11-5-2-1-4-10(11)8-21-15/h1-7H,8-9H2,(H,18,20). The molecule has 2 aromatic rings. The molecule has 1 aliphatic rings. The second-order valence-electron chi connectivity index (χ2n) is 4.47. The van der Waals surface area contributed by atoms with E-state index in [1.54, 1.807) is 30.1 Å². The molecule has 22 heavy (non-hydrogen) atoms. The van der Waals surface area contributed by atoms with Gasteiger partial charge in [0.15, 0.2) is 5.15 Å². The SMILES string of the molecule is O=C(CSC1=Nc2ccccc2CS1)Nc1cccnc1Cl. The van der Waals surface area contributed by atoms with E-state index in [1.807, 2.05) is 18.2 Å². The van der Waals surface area contributed by atoms with Gasteiger partial charge in [-0.3, -0.25) is 4.79 Å². The van der Waals surface area contributed by atoms with E-state index in [2.05, 4.69) is 21.4 Å². The Labute approximate surface area is 141 Å². The monoisotopic (exact) mass is 349 g/mol. The van der Waals surface area contributed by atoms with Crippen molar-refractivity contribution < 1.29 is 4.79 Å². The van der Waals surface area contributed by atoms with Crippen molar-refractivity contribution in [2.24, 2.45) is 4.99 Å². The predicted octanol–water partition coefficient (Wildman–Crippen LogP) is 4.34. The van der Waals surface area contributed by atoms with Crippen LogP contribution in [0.4, 0.5) is 11.4 Å². The van der Waals surface area contributed by atoms with Crippen LogP contribution in [0.2, 0.25) is 5.15 Å². The lowest BCUT2D eigenvalue weighted by molar-refractivity contribution is -0.113. The summed E-state index contributed by atoms with van der Waals surface area (Å²) in [6.45, 7) is 0. The summed E-state index contributed by atoms with van der Waals surface area (Å²) < 4.78 is 0.908. The summed E-state index contributed by atoms with van der Waals surface area (Å²) >= 11 is 9.00. The summed E-state index contributed by atoms with van der Waals surface area (Å²) in [4.78, 5) is 20.5. The molecule has 0 radical (unpaired) electrons. The maximum Gasteiger partial charge on any atom is 0.234 e. The number of thioether (sulfide) groups is 2. The van der Waals surface area contributed by atoms with E-state index in [0.29, 0.717) is 16.6 Å². The molecule has 0 spiro atoms. The van der Waals surface area contributed by atoms with Gasteiger partial charge in [0, 0.05) is 11.9 Å². The lowest BCUT2D eigenvalue weighted by atomic mass is 10.2. The molecule has 3 rings (SSSR count). The lowest BCUT2D eigenvalue weighted by Crippen LogP contribution is -2.15. The fourth-order valence-electron chi connectivity index (χ4n) is 1.88. The Morgan fingerprint density at radius 2 is 2.18 bits per heavy atom. The number of amides is 1. The molecule has 0 aliphatic carbocycles. The molecule has 0 saturated heterocycles. The number of carbonyl (C=O) groups excluding carboxylic acids is 1. The number of pyridine rings is 1. The topological polar surface area (TPSA) is 54.4 Å². The lowest BCUT2D eigenvalue weighted by Gasteiger charge is -2.14. The summed E-state index contributed by atoms with van der Waals surface area (Å²) in [5.41, 5.74) is 2.74. The second kappa shape index (κ2) is 7.17. The van der Waals surface area contributed by atoms with Gasteiger partial charge >= 0.3 is 0 Å². The highest BCUT2D eigenvalue weighted by Crippen LogP contribution is 2.34. The summed E-state index contributed by atoms with van der Waals surface area (Å²) in [5.74, 6) is 1.05. The van der Waals surface area contributed by atoms with Crippen LogP contribution in [0.5, 0.6) is 0 Å². The number of hydrogen-bond acceptors (Lipinski definition) is 5. The highest BCUT2D eigenvalue weighted by Gasteiger charge is 2.14. The van der Waals surface area contributed by atoms with E-state index >= 15 is 0 Å². The molecule has 1 aliphatic heterocycles. The molecule has 2 heterocycles. The third-order valence-corrected chi connectivity index (χ3v) is 5.46. The Balaban J connectivity index is 1.58. The molecule has 7 heteroatoms. The first-order valence-corrected chi connectivity index (χ1v) is 8.90. The zero-order valence-electron chi connectivity index (χ0n) is 11.5. The fourth-order valence-corrected chi connectivity index (χ4v) is 3.91. The van der Waals surface area contributed by atoms with Gasteiger partial charge in [0.25, 0.3) is 0 Å². The number of para-hydroxylation sites is 1. The average Bonchev–Trinajstić information content (AvgIpc) is 2.55. The number of aliphatic imine (C=N–C) groups is 1. The van der Waals surface area contributed by atoms with Gasteiger partial charge in [0.1, 0.15) is 4.38 Å². The third kappa shape index (κ3) is 3.82. The van der Waals surface area contributed by atoms with Crippen molar-refractivity contribution in [1.82, 2.24) is 4.98 Å². The van der Waals surface area contributed by atoms with Crippen LogP contribution >= 0.6 is 35.1 Å². The van der Waals surface area contributed by atoms with Crippen molar-refractivity contribution in [1.29, 1.82) is 0 Å². The highest BCUT2D eigenvalue weighted by molar-refractivity contribution is 8.38. The number of nitrogens with one attached hydrogen (secondary N) is 1. The van der Waals surface area contributed by atoms with Crippen LogP contribution in [0, 0.1) is 0 Å². The number of fused-ring (bicyclic) bond motifs is 1. The van der Waals surface area contributed by atoms with E-state index in [0.717, 1.165) is 15.8 Å². The van der Waals surface area contributed by atoms with Crippen LogP contribution in [0.1, 0.15) is 5.56 Å². The van der Waals surface area contributed by atoms with Crippen LogP contribution in [0.3, 0.4) is 0 Å². The maximum absolute atomic E-state index is 12.0. The van der Waals surface area contributed by atoms with Crippen molar-refractivity contribution in [3.05, 3.63) is 53.3 Å². The minimum absolute atomic E-state index is 0.123. The Morgan fingerprint density at radius 1 is 1.32 bits per heavy atom. The number of anilines is 1. The van der Waals surface area contributed by atoms with E-state index in [4.69, 9.17) is 11.6 Å². The van der Waals surface area contributed by atoms with E-state index < -0.39 is 0 Å². The number of hydrogen-bond donors (Lipinski definition) is 1. The van der Waals surface area contributed by atoms with Gasteiger partial charge in [-0.05, 0) is 23.8 Å². The zero-order valence-corrected chi connectivity index (χ0v) is 13.8. The third-order valence-electron chi connectivity index (χ3n) is 2.91. The van der Waals surface area contributed by atoms with Gasteiger partial charge in [-0.2, -0.15) is 0 Å². The normalized spacial score (nSPS) is 13.2. The quantitative estimate of drug-likeness (QED) is 0.837. The Kier molecular flexibility index (Phi) is 5.02. The van der Waals surface area contributed by atoms with Gasteiger partial charge in [-0.25, -0.2) is 9.98 Å². The number of rotatable bonds is 3. The smallest absolute Gasteiger partial charge is 0.234 e. The molecule has 0 saturated carbocycles. The molecule has 1 amide bonds. The van der Waals surface area contributed by atoms with Crippen LogP contribution < -0.4 is 5.32 Å². The van der Waals surface area contributed by atoms with Gasteiger partial charge in [-0.15, -0.1) is 0 Å². The predicted molar refractivity (Wildman–Crippen MR) is 95.2 cm³/mol. The molecule has 0 bridgehead atoms. The number of benzene rings is 1. The summed E-state index contributed by atoms with van der Waals surface area (Å²) in [5, 5.41) is 3.04. The van der Waals surface area contributed by atoms with Gasteiger partial charge in [0.05, 0.1) is 17.1 Å². The zero-order chi connectivity index (χ0) is 15.4. The number of carbonyl (C=O) groups is 1. The first-order valence-electron chi connectivity index (χ1n) is 6.55. The van der Waals surface area contributed by atoms with E-state index in [1.165, 1.54) is 17.3 Å². The molecular weight excluding hydrogens is 338 g/mol. The fraction of sp³-hybridized carbons (Fsp3) is 0.133. The summed E-state index contributed by atoms with van der Waals surface area (Å²) in [6.07, 6.45) is 1.58. The average molecular weight is 350 g/mol. The number of halogens is 1. The summed E-state index contributed by atoms with van der Waals surface area (Å²) in [7, 11) is 0. The Hall–Kier alpha value is -1.50. The molecule has 0 fully saturated rings. The van der Waals surface area contributed by atoms with Gasteiger partial charge in [-0.1, -0.05) is 53.3 Å². The van der Waals surface area contributed by atoms with E-state index in [9.17, 15) is 4.79 Å². The first-order chi connectivity index (χ1) is 10.7. The largest absolute Gasteiger partial charge is 0.323 e. The first kappa shape index (κ1) is 15.4. The molecule has 0 unspecified atom stereocenters. The van der Waals surface area contributed by atoms with Crippen LogP contribution in [-0.4, -0.2) is 21.0 Å². The second-order valence-corrected chi connectivity index (χ2v) is 7.02. The van der Waals surface area contributed by atoms with Gasteiger partial charge in [0.2, 0.25) is 5.91 Å². The van der Waals surface area contributed by atoms with E-state index in [-0.39, 0.29) is 5.91 Å². The van der Waals surface area contributed by atoms with Crippen molar-refractivity contribution in [3.63, 3.8) is 0 Å². The van der Waals surface area contributed by atoms with Gasteiger partial charge < -0.3 is 5.32 Å². The Bertz CT molecular complexity index is 736. The summed E-state index contributed by atoms with van der Waals surface area (Å²) in [6, 6.07) is 11.5. The van der Waals surface area contributed by atoms with Crippen molar-refractivity contribution in [2.45, 2.75) is 5.75 Å². The number of aromatic nitrogens is 1. The molecule has 1 N–H and O–H groups in total. The van der Waals surface area contributed by atoms with Crippen LogP contribution in [0.25, 0.3) is 0 Å². The highest BCUT2D eigenvalue weighted by atomic mass is 35.5. The molecular formula is C15H12ClN3OS2. The molecule has 1 aromatic heterocycles. The Morgan fingerprint density at radius 3 is 3.05 bits per heavy atom. The minimum Gasteiger partial charge on any atom is -0.323 e. The number of nitrogens with zero attached hydrogens (tertiary/aromatic N) is 2. The van der Waals surface area contributed by atoms with Crippen LogP contribution in [-0.2, 0) is 10.5 Å². The molecule has 4 nitrogen and oxygen atoms in total.